The third kappa shape index (κ3) is 3.36. The van der Waals surface area contributed by atoms with E-state index >= 15 is 0 Å². The standard InChI is InChI=1S/C10H12ClNO4/c1-7-4-8(12(14)15)2-3-10(7)16-6-9(13)5-11/h2-4,9,13H,5-6H2,1H3. The van der Waals surface area contributed by atoms with Gasteiger partial charge >= 0.3 is 0 Å². The second-order valence-corrected chi connectivity index (χ2v) is 3.63. The molecule has 1 unspecified atom stereocenters. The van der Waals surface area contributed by atoms with Crippen molar-refractivity contribution in [2.45, 2.75) is 13.0 Å². The first kappa shape index (κ1) is 12.7. The van der Waals surface area contributed by atoms with Gasteiger partial charge in [0.2, 0.25) is 0 Å². The van der Waals surface area contributed by atoms with Gasteiger partial charge in [-0.3, -0.25) is 10.1 Å². The lowest BCUT2D eigenvalue weighted by Gasteiger charge is -2.11. The number of non-ortho nitro benzene ring substituents is 1. The highest BCUT2D eigenvalue weighted by Crippen LogP contribution is 2.23. The van der Waals surface area contributed by atoms with Gasteiger partial charge in [0, 0.05) is 12.1 Å². The molecule has 1 atom stereocenters. The number of hydrogen-bond acceptors (Lipinski definition) is 4. The first-order valence-electron chi connectivity index (χ1n) is 4.66. The molecule has 0 saturated heterocycles. The Morgan fingerprint density at radius 3 is 2.81 bits per heavy atom. The summed E-state index contributed by atoms with van der Waals surface area (Å²) in [6.07, 6.45) is -0.740. The van der Waals surface area contributed by atoms with Crippen LogP contribution in [0, 0.1) is 17.0 Å². The SMILES string of the molecule is Cc1cc([N+](=O)[O-])ccc1OCC(O)CCl. The summed E-state index contributed by atoms with van der Waals surface area (Å²) in [6.45, 7) is 1.78. The molecule has 0 heterocycles. The van der Waals surface area contributed by atoms with E-state index in [1.807, 2.05) is 0 Å². The van der Waals surface area contributed by atoms with Crippen LogP contribution < -0.4 is 4.74 Å². The fourth-order valence-corrected chi connectivity index (χ4v) is 1.23. The molecule has 1 aromatic carbocycles. The van der Waals surface area contributed by atoms with Gasteiger partial charge in [-0.2, -0.15) is 0 Å². The van der Waals surface area contributed by atoms with Crippen LogP contribution in [0.1, 0.15) is 5.56 Å². The maximum absolute atomic E-state index is 10.5. The van der Waals surface area contributed by atoms with E-state index in [0.717, 1.165) is 0 Å². The Hall–Kier alpha value is -1.33. The zero-order valence-corrected chi connectivity index (χ0v) is 9.48. The van der Waals surface area contributed by atoms with Crippen LogP contribution >= 0.6 is 11.6 Å². The van der Waals surface area contributed by atoms with E-state index in [2.05, 4.69) is 0 Å². The van der Waals surface area contributed by atoms with Gasteiger partial charge in [0.15, 0.2) is 0 Å². The molecular formula is C10H12ClNO4. The number of halogens is 1. The number of nitrogens with zero attached hydrogens (tertiary/aromatic N) is 1. The fraction of sp³-hybridized carbons (Fsp3) is 0.400. The van der Waals surface area contributed by atoms with E-state index in [1.54, 1.807) is 6.92 Å². The highest BCUT2D eigenvalue weighted by Gasteiger charge is 2.10. The number of rotatable bonds is 5. The number of nitro benzene ring substituents is 1. The molecule has 1 rings (SSSR count). The molecule has 6 heteroatoms. The predicted molar refractivity (Wildman–Crippen MR) is 60.1 cm³/mol. The van der Waals surface area contributed by atoms with E-state index in [1.165, 1.54) is 18.2 Å². The largest absolute Gasteiger partial charge is 0.491 e. The highest BCUT2D eigenvalue weighted by molar-refractivity contribution is 6.18. The monoisotopic (exact) mass is 245 g/mol. The van der Waals surface area contributed by atoms with Crippen molar-refractivity contribution in [1.29, 1.82) is 0 Å². The number of nitro groups is 1. The van der Waals surface area contributed by atoms with E-state index in [-0.39, 0.29) is 18.2 Å². The first-order valence-corrected chi connectivity index (χ1v) is 5.20. The molecule has 0 bridgehead atoms. The van der Waals surface area contributed by atoms with Gasteiger partial charge in [0.25, 0.3) is 5.69 Å². The predicted octanol–water partition coefficient (Wildman–Crippen LogP) is 1.88. The number of aliphatic hydroxyl groups is 1. The number of hydrogen-bond donors (Lipinski definition) is 1. The van der Waals surface area contributed by atoms with Crippen LogP contribution in [0.4, 0.5) is 5.69 Å². The van der Waals surface area contributed by atoms with Crippen LogP contribution in [-0.4, -0.2) is 28.6 Å². The molecular weight excluding hydrogens is 234 g/mol. The van der Waals surface area contributed by atoms with Gasteiger partial charge in [0.05, 0.1) is 10.8 Å². The third-order valence-electron chi connectivity index (χ3n) is 1.98. The van der Waals surface area contributed by atoms with E-state index in [9.17, 15) is 15.2 Å². The van der Waals surface area contributed by atoms with Gasteiger partial charge in [-0.25, -0.2) is 0 Å². The maximum atomic E-state index is 10.5. The topological polar surface area (TPSA) is 72.6 Å². The Morgan fingerprint density at radius 1 is 1.62 bits per heavy atom. The second kappa shape index (κ2) is 5.67. The molecule has 0 saturated carbocycles. The van der Waals surface area contributed by atoms with Crippen LogP contribution in [0.15, 0.2) is 18.2 Å². The van der Waals surface area contributed by atoms with E-state index < -0.39 is 11.0 Å². The third-order valence-corrected chi connectivity index (χ3v) is 2.33. The minimum absolute atomic E-state index is 0.0164. The first-order chi connectivity index (χ1) is 7.54. The van der Waals surface area contributed by atoms with E-state index in [0.29, 0.717) is 11.3 Å². The van der Waals surface area contributed by atoms with Crippen molar-refractivity contribution in [3.8, 4) is 5.75 Å². The minimum atomic E-state index is -0.740. The normalized spacial score (nSPS) is 12.2. The van der Waals surface area contributed by atoms with Crippen molar-refractivity contribution >= 4 is 17.3 Å². The fourth-order valence-electron chi connectivity index (χ4n) is 1.14. The minimum Gasteiger partial charge on any atom is -0.491 e. The van der Waals surface area contributed by atoms with Crippen LogP contribution in [-0.2, 0) is 0 Å². The number of alkyl halides is 1. The number of benzene rings is 1. The summed E-state index contributed by atoms with van der Waals surface area (Å²) in [5, 5.41) is 19.7. The zero-order chi connectivity index (χ0) is 12.1. The van der Waals surface area contributed by atoms with Crippen molar-refractivity contribution in [2.24, 2.45) is 0 Å². The molecule has 0 aliphatic rings. The Bertz CT molecular complexity index is 383. The summed E-state index contributed by atoms with van der Waals surface area (Å²) < 4.78 is 5.27. The summed E-state index contributed by atoms with van der Waals surface area (Å²) >= 11 is 5.41. The summed E-state index contributed by atoms with van der Waals surface area (Å²) in [5.74, 6) is 0.598. The van der Waals surface area contributed by atoms with Crippen molar-refractivity contribution < 1.29 is 14.8 Å². The molecule has 0 fully saturated rings. The molecule has 1 aromatic rings. The van der Waals surface area contributed by atoms with Crippen molar-refractivity contribution in [3.05, 3.63) is 33.9 Å². The lowest BCUT2D eigenvalue weighted by molar-refractivity contribution is -0.384. The van der Waals surface area contributed by atoms with Crippen LogP contribution in [0.2, 0.25) is 0 Å². The van der Waals surface area contributed by atoms with Gasteiger partial charge in [0.1, 0.15) is 18.5 Å². The molecule has 0 radical (unpaired) electrons. The van der Waals surface area contributed by atoms with Crippen LogP contribution in [0.5, 0.6) is 5.75 Å². The van der Waals surface area contributed by atoms with Gasteiger partial charge < -0.3 is 9.84 Å². The molecule has 16 heavy (non-hydrogen) atoms. The molecule has 0 aliphatic heterocycles. The Morgan fingerprint density at radius 2 is 2.31 bits per heavy atom. The number of ether oxygens (including phenoxy) is 1. The smallest absolute Gasteiger partial charge is 0.269 e. The van der Waals surface area contributed by atoms with E-state index in [4.69, 9.17) is 16.3 Å². The molecule has 0 aliphatic carbocycles. The molecule has 0 amide bonds. The Labute approximate surface area is 97.8 Å². The molecule has 88 valence electrons. The molecule has 0 aromatic heterocycles. The molecule has 5 nitrogen and oxygen atoms in total. The zero-order valence-electron chi connectivity index (χ0n) is 8.72. The number of aliphatic hydroxyl groups excluding tert-OH is 1. The van der Waals surface area contributed by atoms with Crippen molar-refractivity contribution in [2.75, 3.05) is 12.5 Å². The summed E-state index contributed by atoms with van der Waals surface area (Å²) in [4.78, 5) is 10.0. The summed E-state index contributed by atoms with van der Waals surface area (Å²) in [7, 11) is 0. The summed E-state index contributed by atoms with van der Waals surface area (Å²) in [5.41, 5.74) is 0.665. The quantitative estimate of drug-likeness (QED) is 0.488. The maximum Gasteiger partial charge on any atom is 0.269 e. The summed E-state index contributed by atoms with van der Waals surface area (Å²) in [6, 6.07) is 4.28. The van der Waals surface area contributed by atoms with Crippen LogP contribution in [0.25, 0.3) is 0 Å². The van der Waals surface area contributed by atoms with Crippen molar-refractivity contribution in [3.63, 3.8) is 0 Å². The van der Waals surface area contributed by atoms with Gasteiger partial charge in [-0.05, 0) is 18.6 Å². The van der Waals surface area contributed by atoms with Gasteiger partial charge in [-0.15, -0.1) is 11.6 Å². The lowest BCUT2D eigenvalue weighted by Crippen LogP contribution is -2.19. The molecule has 0 spiro atoms. The Kier molecular flexibility index (Phi) is 4.52. The Balaban J connectivity index is 2.72. The molecule has 1 N–H and O–H groups in total. The second-order valence-electron chi connectivity index (χ2n) is 3.33. The highest BCUT2D eigenvalue weighted by atomic mass is 35.5. The van der Waals surface area contributed by atoms with Crippen molar-refractivity contribution in [1.82, 2.24) is 0 Å². The average molecular weight is 246 g/mol. The van der Waals surface area contributed by atoms with Crippen LogP contribution in [0.3, 0.4) is 0 Å². The number of aryl methyl sites for hydroxylation is 1. The average Bonchev–Trinajstić information content (AvgIpc) is 2.26. The van der Waals surface area contributed by atoms with Gasteiger partial charge in [-0.1, -0.05) is 0 Å². The lowest BCUT2D eigenvalue weighted by atomic mass is 10.2.